The van der Waals surface area contributed by atoms with Gasteiger partial charge >= 0.3 is 6.18 Å². The second-order valence-electron chi connectivity index (χ2n) is 2.45. The molecule has 0 aliphatic heterocycles. The molecular formula is C6Cl2F3N3S. The average molecular weight is 274 g/mol. The maximum Gasteiger partial charge on any atom is 0.443 e. The third-order valence-corrected chi connectivity index (χ3v) is 2.86. The first-order valence-electron chi connectivity index (χ1n) is 3.44. The lowest BCUT2D eigenvalue weighted by Crippen LogP contribution is -2.03. The molecule has 2 aromatic heterocycles. The van der Waals surface area contributed by atoms with E-state index in [-0.39, 0.29) is 20.8 Å². The van der Waals surface area contributed by atoms with Crippen LogP contribution in [0.15, 0.2) is 0 Å². The molecule has 0 aromatic carbocycles. The molecule has 80 valence electrons. The molecule has 3 nitrogen and oxygen atoms in total. The number of alkyl halides is 3. The zero-order valence-electron chi connectivity index (χ0n) is 6.64. The molecular weight excluding hydrogens is 274 g/mol. The Balaban J connectivity index is 2.71. The molecule has 0 unspecified atom stereocenters. The van der Waals surface area contributed by atoms with E-state index in [0.29, 0.717) is 11.3 Å². The Morgan fingerprint density at radius 1 is 1.07 bits per heavy atom. The van der Waals surface area contributed by atoms with Crippen molar-refractivity contribution in [3.8, 4) is 0 Å². The molecule has 0 aliphatic carbocycles. The van der Waals surface area contributed by atoms with Crippen molar-refractivity contribution in [1.29, 1.82) is 0 Å². The van der Waals surface area contributed by atoms with Crippen molar-refractivity contribution in [2.45, 2.75) is 6.18 Å². The highest BCUT2D eigenvalue weighted by Crippen LogP contribution is 2.36. The molecule has 0 saturated carbocycles. The number of hydrogen-bond donors (Lipinski definition) is 0. The predicted octanol–water partition coefficient (Wildman–Crippen LogP) is 3.41. The Kier molecular flexibility index (Phi) is 2.48. The number of halogens is 5. The molecule has 2 aromatic rings. The molecule has 0 N–H and O–H groups in total. The largest absolute Gasteiger partial charge is 0.443 e. The minimum atomic E-state index is -4.51. The highest BCUT2D eigenvalue weighted by atomic mass is 35.5. The van der Waals surface area contributed by atoms with Crippen LogP contribution in [0.25, 0.3) is 10.3 Å². The Hall–Kier alpha value is -0.660. The van der Waals surface area contributed by atoms with E-state index in [1.807, 2.05) is 0 Å². The van der Waals surface area contributed by atoms with E-state index in [2.05, 4.69) is 15.0 Å². The maximum atomic E-state index is 12.3. The van der Waals surface area contributed by atoms with Gasteiger partial charge in [-0.15, -0.1) is 0 Å². The van der Waals surface area contributed by atoms with Crippen LogP contribution in [0.2, 0.25) is 10.4 Å². The molecule has 9 heteroatoms. The molecule has 2 heterocycles. The van der Waals surface area contributed by atoms with Crippen molar-refractivity contribution < 1.29 is 13.2 Å². The lowest BCUT2D eigenvalue weighted by Gasteiger charge is -1.97. The van der Waals surface area contributed by atoms with Gasteiger partial charge in [0.25, 0.3) is 0 Å². The van der Waals surface area contributed by atoms with Crippen LogP contribution < -0.4 is 0 Å². The van der Waals surface area contributed by atoms with Crippen LogP contribution in [0, 0.1) is 0 Å². The van der Waals surface area contributed by atoms with Gasteiger partial charge in [0.2, 0.25) is 10.3 Å². The number of thiazole rings is 1. The molecule has 0 bridgehead atoms. The Morgan fingerprint density at radius 3 is 2.33 bits per heavy atom. The van der Waals surface area contributed by atoms with Gasteiger partial charge in [0.1, 0.15) is 10.3 Å². The van der Waals surface area contributed by atoms with Crippen LogP contribution in [-0.4, -0.2) is 15.0 Å². The fraction of sp³-hybridized carbons (Fsp3) is 0.167. The van der Waals surface area contributed by atoms with E-state index in [1.165, 1.54) is 0 Å². The number of fused-ring (bicyclic) bond motifs is 1. The molecule has 2 rings (SSSR count). The van der Waals surface area contributed by atoms with Gasteiger partial charge in [-0.2, -0.15) is 13.2 Å². The number of hydrogen-bond acceptors (Lipinski definition) is 4. The lowest BCUT2D eigenvalue weighted by atomic mass is 10.6. The van der Waals surface area contributed by atoms with Crippen LogP contribution in [-0.2, 0) is 6.18 Å². The topological polar surface area (TPSA) is 38.7 Å². The van der Waals surface area contributed by atoms with Crippen molar-refractivity contribution in [3.63, 3.8) is 0 Å². The Labute approximate surface area is 94.9 Å². The van der Waals surface area contributed by atoms with Gasteiger partial charge in [0.05, 0.1) is 0 Å². The Morgan fingerprint density at radius 2 is 1.73 bits per heavy atom. The van der Waals surface area contributed by atoms with Gasteiger partial charge in [-0.1, -0.05) is 22.9 Å². The second-order valence-corrected chi connectivity index (χ2v) is 4.13. The fourth-order valence-electron chi connectivity index (χ4n) is 0.886. The van der Waals surface area contributed by atoms with E-state index < -0.39 is 11.2 Å². The van der Waals surface area contributed by atoms with Crippen LogP contribution in [0.5, 0.6) is 0 Å². The van der Waals surface area contributed by atoms with Crippen LogP contribution in [0.4, 0.5) is 13.2 Å². The van der Waals surface area contributed by atoms with E-state index in [4.69, 9.17) is 23.2 Å². The first-order chi connectivity index (χ1) is 6.88. The maximum absolute atomic E-state index is 12.3. The van der Waals surface area contributed by atoms with Crippen molar-refractivity contribution in [2.75, 3.05) is 0 Å². The van der Waals surface area contributed by atoms with Gasteiger partial charge in [-0.05, 0) is 11.6 Å². The van der Waals surface area contributed by atoms with Gasteiger partial charge in [0.15, 0.2) is 5.15 Å². The molecule has 0 fully saturated rings. The minimum Gasteiger partial charge on any atom is -0.227 e. The summed E-state index contributed by atoms with van der Waals surface area (Å²) in [5.41, 5.74) is -0.0848. The summed E-state index contributed by atoms with van der Waals surface area (Å²) in [5, 5.41) is -1.41. The first kappa shape index (κ1) is 10.8. The summed E-state index contributed by atoms with van der Waals surface area (Å²) in [6, 6.07) is 0. The molecule has 15 heavy (non-hydrogen) atoms. The van der Waals surface area contributed by atoms with E-state index >= 15 is 0 Å². The average Bonchev–Trinajstić information content (AvgIpc) is 2.46. The van der Waals surface area contributed by atoms with Gasteiger partial charge < -0.3 is 0 Å². The van der Waals surface area contributed by atoms with Crippen molar-refractivity contribution in [2.24, 2.45) is 0 Å². The number of rotatable bonds is 0. The molecule has 0 amide bonds. The fourth-order valence-corrected chi connectivity index (χ4v) is 2.22. The quantitative estimate of drug-likeness (QED) is 0.545. The third kappa shape index (κ3) is 1.99. The van der Waals surface area contributed by atoms with E-state index in [9.17, 15) is 13.2 Å². The third-order valence-electron chi connectivity index (χ3n) is 1.43. The normalized spacial score (nSPS) is 12.3. The summed E-state index contributed by atoms with van der Waals surface area (Å²) in [5.74, 6) is 0. The summed E-state index contributed by atoms with van der Waals surface area (Å²) in [6.07, 6.45) is -4.51. The van der Waals surface area contributed by atoms with Gasteiger partial charge in [0, 0.05) is 0 Å². The summed E-state index contributed by atoms with van der Waals surface area (Å²) in [7, 11) is 0. The minimum absolute atomic E-state index is 0.0207. The summed E-state index contributed by atoms with van der Waals surface area (Å²) in [6.45, 7) is 0. The molecule has 0 radical (unpaired) electrons. The Bertz CT molecular complexity index is 524. The van der Waals surface area contributed by atoms with Crippen LogP contribution in [0.1, 0.15) is 5.01 Å². The molecule has 0 saturated heterocycles. The smallest absolute Gasteiger partial charge is 0.227 e. The van der Waals surface area contributed by atoms with E-state index in [1.54, 1.807) is 0 Å². The standard InChI is InChI=1S/C6Cl2F3N3S/c7-2-1-3(14-5(8)13-2)15-4(12-1)6(9,10)11. The van der Waals surface area contributed by atoms with Crippen LogP contribution in [0.3, 0.4) is 0 Å². The number of nitrogens with zero attached hydrogens (tertiary/aromatic N) is 3. The molecule has 0 aliphatic rings. The van der Waals surface area contributed by atoms with E-state index in [0.717, 1.165) is 0 Å². The summed E-state index contributed by atoms with van der Waals surface area (Å²) < 4.78 is 36.8. The predicted molar refractivity (Wildman–Crippen MR) is 50.2 cm³/mol. The molecule has 0 spiro atoms. The monoisotopic (exact) mass is 273 g/mol. The van der Waals surface area contributed by atoms with Crippen molar-refractivity contribution in [1.82, 2.24) is 15.0 Å². The van der Waals surface area contributed by atoms with Gasteiger partial charge in [-0.3, -0.25) is 0 Å². The highest BCUT2D eigenvalue weighted by Gasteiger charge is 2.35. The molecule has 0 atom stereocenters. The van der Waals surface area contributed by atoms with Gasteiger partial charge in [-0.25, -0.2) is 15.0 Å². The summed E-state index contributed by atoms with van der Waals surface area (Å²) >= 11 is 11.4. The zero-order chi connectivity index (χ0) is 11.2. The summed E-state index contributed by atoms with van der Waals surface area (Å²) in [4.78, 5) is 10.4. The van der Waals surface area contributed by atoms with Crippen LogP contribution >= 0.6 is 34.5 Å². The first-order valence-corrected chi connectivity index (χ1v) is 5.02. The second kappa shape index (κ2) is 3.43. The zero-order valence-corrected chi connectivity index (χ0v) is 8.97. The van der Waals surface area contributed by atoms with Crippen molar-refractivity contribution >= 4 is 44.9 Å². The lowest BCUT2D eigenvalue weighted by molar-refractivity contribution is -0.137. The highest BCUT2D eigenvalue weighted by molar-refractivity contribution is 7.18. The van der Waals surface area contributed by atoms with Crippen molar-refractivity contribution in [3.05, 3.63) is 15.4 Å². The number of aromatic nitrogens is 3. The SMILES string of the molecule is FC(F)(F)c1nc2c(Cl)nc(Cl)nc2s1.